The molecule has 0 fully saturated rings. The van der Waals surface area contributed by atoms with E-state index >= 15 is 0 Å². The number of nitrogens with zero attached hydrogens (tertiary/aromatic N) is 2. The molecule has 0 aliphatic carbocycles. The third-order valence-electron chi connectivity index (χ3n) is 2.40. The second-order valence-corrected chi connectivity index (χ2v) is 3.19. The van der Waals surface area contributed by atoms with E-state index in [1.54, 1.807) is 0 Å². The summed E-state index contributed by atoms with van der Waals surface area (Å²) in [5.41, 5.74) is 7.57. The Morgan fingerprint density at radius 3 is 3.08 bits per heavy atom. The van der Waals surface area contributed by atoms with Crippen LogP contribution in [0.1, 0.15) is 28.7 Å². The van der Waals surface area contributed by atoms with Crippen LogP contribution in [0.3, 0.4) is 0 Å². The van der Waals surface area contributed by atoms with Gasteiger partial charge in [-0.2, -0.15) is 5.10 Å². The number of amides is 1. The van der Waals surface area contributed by atoms with E-state index in [4.69, 9.17) is 5.73 Å². The molecule has 13 heavy (non-hydrogen) atoms. The Bertz CT molecular complexity index is 344. The molecule has 5 heteroatoms. The molecule has 1 aliphatic heterocycles. The zero-order valence-electron chi connectivity index (χ0n) is 7.50. The summed E-state index contributed by atoms with van der Waals surface area (Å²) in [6.07, 6.45) is 0. The predicted octanol–water partition coefficient (Wildman–Crippen LogP) is -0.156. The first kappa shape index (κ1) is 8.25. The molecule has 70 valence electrons. The fourth-order valence-electron chi connectivity index (χ4n) is 1.62. The van der Waals surface area contributed by atoms with E-state index < -0.39 is 5.91 Å². The lowest BCUT2D eigenvalue weighted by Crippen LogP contribution is -2.18. The maximum Gasteiger partial charge on any atom is 0.267 e. The summed E-state index contributed by atoms with van der Waals surface area (Å²) in [4.78, 5) is 13.2. The number of nitrogens with two attached hydrogens (primary N) is 1. The Morgan fingerprint density at radius 2 is 2.46 bits per heavy atom. The third kappa shape index (κ3) is 1.21. The number of nitrogens with one attached hydrogen (secondary N) is 1. The lowest BCUT2D eigenvalue weighted by Gasteiger charge is -2.10. The maximum absolute atomic E-state index is 10.9. The van der Waals surface area contributed by atoms with E-state index in [1.165, 1.54) is 0 Å². The zero-order valence-corrected chi connectivity index (χ0v) is 7.50. The number of hydrogen-bond acceptors (Lipinski definition) is 3. The fourth-order valence-corrected chi connectivity index (χ4v) is 1.62. The van der Waals surface area contributed by atoms with Gasteiger partial charge in [0.1, 0.15) is 5.69 Å². The van der Waals surface area contributed by atoms with Crippen molar-refractivity contribution in [3.8, 4) is 0 Å². The van der Waals surface area contributed by atoms with Crippen LogP contribution in [0, 0.1) is 0 Å². The Morgan fingerprint density at radius 1 is 1.69 bits per heavy atom. The molecule has 0 radical (unpaired) electrons. The summed E-state index contributed by atoms with van der Waals surface area (Å²) in [7, 11) is 0. The number of rotatable bonds is 2. The number of primary amides is 1. The molecule has 0 unspecified atom stereocenters. The van der Waals surface area contributed by atoms with Gasteiger partial charge in [-0.25, -0.2) is 0 Å². The fraction of sp³-hybridized carbons (Fsp3) is 0.500. The lowest BCUT2D eigenvalue weighted by molar-refractivity contribution is 0.0994. The Kier molecular flexibility index (Phi) is 1.81. The summed E-state index contributed by atoms with van der Waals surface area (Å²) >= 11 is 0. The Balaban J connectivity index is 2.32. The minimum atomic E-state index is -0.424. The van der Waals surface area contributed by atoms with E-state index in [0.717, 1.165) is 30.9 Å². The van der Waals surface area contributed by atoms with Crippen LogP contribution in [-0.4, -0.2) is 27.5 Å². The molecule has 0 bridgehead atoms. The molecule has 0 aromatic carbocycles. The average molecular weight is 180 g/mol. The highest BCUT2D eigenvalue weighted by molar-refractivity contribution is 5.92. The van der Waals surface area contributed by atoms with Crippen molar-refractivity contribution in [1.82, 2.24) is 15.1 Å². The van der Waals surface area contributed by atoms with Crippen LogP contribution in [0.25, 0.3) is 0 Å². The Hall–Kier alpha value is -1.36. The van der Waals surface area contributed by atoms with Crippen molar-refractivity contribution < 1.29 is 4.79 Å². The zero-order chi connectivity index (χ0) is 9.42. The van der Waals surface area contributed by atoms with Gasteiger partial charge in [-0.05, 0) is 6.54 Å². The van der Waals surface area contributed by atoms with Crippen molar-refractivity contribution in [2.45, 2.75) is 20.0 Å². The van der Waals surface area contributed by atoms with Crippen molar-refractivity contribution in [1.29, 1.82) is 0 Å². The minimum Gasteiger partial charge on any atom is -0.364 e. The SMILES string of the molecule is CCN1Cc2n[nH]c(C(N)=O)c2C1. The van der Waals surface area contributed by atoms with Crippen molar-refractivity contribution in [3.63, 3.8) is 0 Å². The van der Waals surface area contributed by atoms with Crippen LogP contribution in [-0.2, 0) is 13.1 Å². The molecule has 1 amide bonds. The monoisotopic (exact) mass is 180 g/mol. The first-order chi connectivity index (χ1) is 6.22. The molecule has 2 rings (SSSR count). The van der Waals surface area contributed by atoms with Gasteiger partial charge in [0.15, 0.2) is 0 Å². The number of hydrogen-bond donors (Lipinski definition) is 2. The largest absolute Gasteiger partial charge is 0.364 e. The third-order valence-corrected chi connectivity index (χ3v) is 2.40. The summed E-state index contributed by atoms with van der Waals surface area (Å²) in [5, 5.41) is 6.72. The van der Waals surface area contributed by atoms with E-state index in [2.05, 4.69) is 22.0 Å². The van der Waals surface area contributed by atoms with Crippen LogP contribution >= 0.6 is 0 Å². The number of carbonyl (C=O) groups excluding carboxylic acids is 1. The minimum absolute atomic E-state index is 0.424. The van der Waals surface area contributed by atoms with Gasteiger partial charge in [-0.1, -0.05) is 6.92 Å². The first-order valence-corrected chi connectivity index (χ1v) is 4.30. The molecule has 0 spiro atoms. The lowest BCUT2D eigenvalue weighted by atomic mass is 10.2. The van der Waals surface area contributed by atoms with E-state index in [9.17, 15) is 4.79 Å². The van der Waals surface area contributed by atoms with Gasteiger partial charge in [0.2, 0.25) is 0 Å². The van der Waals surface area contributed by atoms with Gasteiger partial charge in [-0.15, -0.1) is 0 Å². The standard InChI is InChI=1S/C8H12N4O/c1-2-12-3-5-6(4-12)10-11-7(5)8(9)13/h2-4H2,1H3,(H2,9,13)(H,10,11). The molecule has 1 aliphatic rings. The highest BCUT2D eigenvalue weighted by atomic mass is 16.1. The molecule has 2 heterocycles. The number of H-pyrrole nitrogens is 1. The van der Waals surface area contributed by atoms with Gasteiger partial charge in [0.05, 0.1) is 5.69 Å². The van der Waals surface area contributed by atoms with Crippen molar-refractivity contribution in [2.24, 2.45) is 5.73 Å². The number of aromatic amines is 1. The molecule has 5 nitrogen and oxygen atoms in total. The van der Waals surface area contributed by atoms with Crippen LogP contribution in [0.15, 0.2) is 0 Å². The molecule has 3 N–H and O–H groups in total. The smallest absolute Gasteiger partial charge is 0.267 e. The molecular weight excluding hydrogens is 168 g/mol. The second kappa shape index (κ2) is 2.85. The molecule has 1 aromatic rings. The van der Waals surface area contributed by atoms with E-state index in [1.807, 2.05) is 0 Å². The van der Waals surface area contributed by atoms with Crippen molar-refractivity contribution in [3.05, 3.63) is 17.0 Å². The molecule has 0 saturated carbocycles. The summed E-state index contributed by atoms with van der Waals surface area (Å²) in [6, 6.07) is 0. The predicted molar refractivity (Wildman–Crippen MR) is 46.9 cm³/mol. The van der Waals surface area contributed by atoms with Gasteiger partial charge in [-0.3, -0.25) is 14.8 Å². The van der Waals surface area contributed by atoms with Crippen molar-refractivity contribution >= 4 is 5.91 Å². The quantitative estimate of drug-likeness (QED) is 0.664. The number of carbonyl (C=O) groups is 1. The first-order valence-electron chi connectivity index (χ1n) is 4.30. The van der Waals surface area contributed by atoms with Gasteiger partial charge in [0.25, 0.3) is 5.91 Å². The van der Waals surface area contributed by atoms with Crippen LogP contribution in [0.5, 0.6) is 0 Å². The maximum atomic E-state index is 10.9. The second-order valence-electron chi connectivity index (χ2n) is 3.19. The highest BCUT2D eigenvalue weighted by Crippen LogP contribution is 2.22. The number of fused-ring (bicyclic) bond motifs is 1. The summed E-state index contributed by atoms with van der Waals surface area (Å²) in [5.74, 6) is -0.424. The molecule has 0 atom stereocenters. The summed E-state index contributed by atoms with van der Waals surface area (Å²) < 4.78 is 0. The number of aromatic nitrogens is 2. The van der Waals surface area contributed by atoms with Crippen LogP contribution in [0.4, 0.5) is 0 Å². The Labute approximate surface area is 75.9 Å². The summed E-state index contributed by atoms with van der Waals surface area (Å²) in [6.45, 7) is 4.64. The van der Waals surface area contributed by atoms with Gasteiger partial charge >= 0.3 is 0 Å². The van der Waals surface area contributed by atoms with Crippen molar-refractivity contribution in [2.75, 3.05) is 6.54 Å². The molecule has 0 saturated heterocycles. The molecular formula is C8H12N4O. The van der Waals surface area contributed by atoms with Crippen LogP contribution < -0.4 is 5.73 Å². The molecule has 1 aromatic heterocycles. The topological polar surface area (TPSA) is 75.0 Å². The van der Waals surface area contributed by atoms with Crippen LogP contribution in [0.2, 0.25) is 0 Å². The highest BCUT2D eigenvalue weighted by Gasteiger charge is 2.25. The normalized spacial score (nSPS) is 16.1. The van der Waals surface area contributed by atoms with E-state index in [0.29, 0.717) is 5.69 Å². The average Bonchev–Trinajstić information content (AvgIpc) is 2.59. The van der Waals surface area contributed by atoms with Gasteiger partial charge in [0, 0.05) is 18.7 Å². The van der Waals surface area contributed by atoms with E-state index in [-0.39, 0.29) is 0 Å². The van der Waals surface area contributed by atoms with Gasteiger partial charge < -0.3 is 5.73 Å².